The van der Waals surface area contributed by atoms with Crippen molar-refractivity contribution in [1.82, 2.24) is 4.90 Å². The van der Waals surface area contributed by atoms with Gasteiger partial charge in [0.25, 0.3) is 0 Å². The van der Waals surface area contributed by atoms with Crippen molar-refractivity contribution in [2.45, 2.75) is 26.3 Å². The third-order valence-electron chi connectivity index (χ3n) is 2.86. The van der Waals surface area contributed by atoms with Crippen LogP contribution in [0.5, 0.6) is 0 Å². The maximum atomic E-state index is 11.2. The molecule has 116 valence electrons. The van der Waals surface area contributed by atoms with Crippen molar-refractivity contribution in [3.05, 3.63) is 32.8 Å². The maximum absolute atomic E-state index is 11.2. The van der Waals surface area contributed by atoms with E-state index in [2.05, 4.69) is 21.2 Å². The van der Waals surface area contributed by atoms with Crippen molar-refractivity contribution >= 4 is 33.4 Å². The number of hydrogen-bond acceptors (Lipinski definition) is 4. The minimum Gasteiger partial charge on any atom is -0.465 e. The number of halogens is 1. The smallest absolute Gasteiger partial charge is 0.407 e. The molecule has 1 amide bonds. The Labute approximate surface area is 131 Å². The molecule has 0 spiro atoms. The largest absolute Gasteiger partial charge is 0.465 e. The predicted octanol–water partition coefficient (Wildman–Crippen LogP) is 3.55. The Morgan fingerprint density at radius 3 is 2.57 bits per heavy atom. The first kappa shape index (κ1) is 17.2. The summed E-state index contributed by atoms with van der Waals surface area (Å²) >= 11 is 3.14. The number of rotatable bonds is 5. The molecule has 1 aromatic rings. The second-order valence-corrected chi connectivity index (χ2v) is 6.28. The first-order valence-corrected chi connectivity index (χ1v) is 7.11. The van der Waals surface area contributed by atoms with E-state index in [0.717, 1.165) is 0 Å². The van der Waals surface area contributed by atoms with Gasteiger partial charge < -0.3 is 15.3 Å². The summed E-state index contributed by atoms with van der Waals surface area (Å²) in [5.41, 5.74) is -0.236. The van der Waals surface area contributed by atoms with Crippen molar-refractivity contribution in [2.75, 3.05) is 18.4 Å². The van der Waals surface area contributed by atoms with E-state index in [1.807, 2.05) is 0 Å². The number of carbonyl (C=O) groups is 1. The fraction of sp³-hybridized carbons (Fsp3) is 0.462. The summed E-state index contributed by atoms with van der Waals surface area (Å²) in [6.07, 6.45) is -1.02. The van der Waals surface area contributed by atoms with E-state index in [1.54, 1.807) is 39.0 Å². The SMILES string of the molecule is CC(C)(C)N(CCNc1cccc(Br)c1[N+](=O)[O-])C(=O)O. The fourth-order valence-electron chi connectivity index (χ4n) is 1.86. The minimum absolute atomic E-state index is 0.0601. The van der Waals surface area contributed by atoms with Gasteiger partial charge in [0, 0.05) is 18.6 Å². The van der Waals surface area contributed by atoms with Crippen LogP contribution in [0.25, 0.3) is 0 Å². The summed E-state index contributed by atoms with van der Waals surface area (Å²) in [4.78, 5) is 23.0. The Kier molecular flexibility index (Phi) is 5.54. The Morgan fingerprint density at radius 1 is 1.48 bits per heavy atom. The number of nitro groups is 1. The normalized spacial score (nSPS) is 11.0. The van der Waals surface area contributed by atoms with Gasteiger partial charge in [-0.2, -0.15) is 0 Å². The molecule has 2 N–H and O–H groups in total. The van der Waals surface area contributed by atoms with E-state index in [4.69, 9.17) is 0 Å². The number of amides is 1. The molecule has 0 saturated heterocycles. The summed E-state index contributed by atoms with van der Waals surface area (Å²) in [6.45, 7) is 5.89. The summed E-state index contributed by atoms with van der Waals surface area (Å²) in [6, 6.07) is 4.85. The first-order chi connectivity index (χ1) is 9.64. The van der Waals surface area contributed by atoms with Crippen LogP contribution in [0, 0.1) is 10.1 Å². The highest BCUT2D eigenvalue weighted by Gasteiger charge is 2.26. The molecule has 7 nitrogen and oxygen atoms in total. The van der Waals surface area contributed by atoms with Crippen molar-refractivity contribution in [3.8, 4) is 0 Å². The number of anilines is 1. The second kappa shape index (κ2) is 6.75. The van der Waals surface area contributed by atoms with Crippen LogP contribution in [0.2, 0.25) is 0 Å². The van der Waals surface area contributed by atoms with Gasteiger partial charge in [0.15, 0.2) is 0 Å². The van der Waals surface area contributed by atoms with Gasteiger partial charge in [-0.05, 0) is 48.8 Å². The first-order valence-electron chi connectivity index (χ1n) is 6.32. The van der Waals surface area contributed by atoms with Gasteiger partial charge in [-0.15, -0.1) is 0 Å². The standard InChI is InChI=1S/C13H18BrN3O4/c1-13(2,3)16(12(18)19)8-7-15-10-6-4-5-9(14)11(10)17(20)21/h4-6,15H,7-8H2,1-3H3,(H,18,19). The van der Waals surface area contributed by atoms with Gasteiger partial charge in [-0.25, -0.2) is 4.79 Å². The molecule has 0 atom stereocenters. The van der Waals surface area contributed by atoms with Crippen LogP contribution in [0.15, 0.2) is 22.7 Å². The lowest BCUT2D eigenvalue weighted by Crippen LogP contribution is -2.47. The van der Waals surface area contributed by atoms with E-state index < -0.39 is 16.6 Å². The molecule has 0 unspecified atom stereocenters. The Balaban J connectivity index is 2.79. The van der Waals surface area contributed by atoms with Crippen molar-refractivity contribution in [2.24, 2.45) is 0 Å². The van der Waals surface area contributed by atoms with E-state index >= 15 is 0 Å². The summed E-state index contributed by atoms with van der Waals surface area (Å²) in [5.74, 6) is 0. The Morgan fingerprint density at radius 2 is 2.10 bits per heavy atom. The number of carboxylic acid groups (broad SMARTS) is 1. The molecule has 0 bridgehead atoms. The highest BCUT2D eigenvalue weighted by molar-refractivity contribution is 9.10. The van der Waals surface area contributed by atoms with Crippen molar-refractivity contribution < 1.29 is 14.8 Å². The third kappa shape index (κ3) is 4.59. The van der Waals surface area contributed by atoms with Gasteiger partial charge in [-0.1, -0.05) is 6.07 Å². The van der Waals surface area contributed by atoms with E-state index in [-0.39, 0.29) is 18.8 Å². The number of benzene rings is 1. The molecule has 0 heterocycles. The Hall–Kier alpha value is -1.83. The molecule has 0 radical (unpaired) electrons. The van der Waals surface area contributed by atoms with Gasteiger partial charge >= 0.3 is 11.8 Å². The molecule has 1 rings (SSSR count). The molecular formula is C13H18BrN3O4. The predicted molar refractivity (Wildman–Crippen MR) is 83.8 cm³/mol. The van der Waals surface area contributed by atoms with Crippen LogP contribution in [-0.2, 0) is 0 Å². The van der Waals surface area contributed by atoms with Crippen LogP contribution < -0.4 is 5.32 Å². The fourth-order valence-corrected chi connectivity index (χ4v) is 2.37. The average molecular weight is 360 g/mol. The lowest BCUT2D eigenvalue weighted by molar-refractivity contribution is -0.384. The van der Waals surface area contributed by atoms with Crippen molar-refractivity contribution in [3.63, 3.8) is 0 Å². The zero-order chi connectivity index (χ0) is 16.2. The van der Waals surface area contributed by atoms with E-state index in [0.29, 0.717) is 10.2 Å². The highest BCUT2D eigenvalue weighted by Crippen LogP contribution is 2.32. The number of para-hydroxylation sites is 1. The van der Waals surface area contributed by atoms with Gasteiger partial charge in [0.1, 0.15) is 5.69 Å². The topological polar surface area (TPSA) is 95.7 Å². The average Bonchev–Trinajstić information content (AvgIpc) is 2.31. The molecular weight excluding hydrogens is 342 g/mol. The molecule has 0 aliphatic carbocycles. The molecule has 0 aromatic heterocycles. The molecule has 0 aliphatic heterocycles. The molecule has 8 heteroatoms. The number of hydrogen-bond donors (Lipinski definition) is 2. The maximum Gasteiger partial charge on any atom is 0.407 e. The number of nitrogens with zero attached hydrogens (tertiary/aromatic N) is 2. The van der Waals surface area contributed by atoms with Crippen LogP contribution in [0.1, 0.15) is 20.8 Å². The number of nitrogens with one attached hydrogen (secondary N) is 1. The van der Waals surface area contributed by atoms with E-state index in [1.165, 1.54) is 4.90 Å². The summed E-state index contributed by atoms with van der Waals surface area (Å²) in [5, 5.41) is 23.1. The minimum atomic E-state index is -1.02. The van der Waals surface area contributed by atoms with Crippen LogP contribution in [0.3, 0.4) is 0 Å². The molecule has 0 saturated carbocycles. The monoisotopic (exact) mass is 359 g/mol. The zero-order valence-corrected chi connectivity index (χ0v) is 13.7. The summed E-state index contributed by atoms with van der Waals surface area (Å²) < 4.78 is 0.378. The Bertz CT molecular complexity index is 543. The molecule has 21 heavy (non-hydrogen) atoms. The quantitative estimate of drug-likeness (QED) is 0.618. The highest BCUT2D eigenvalue weighted by atomic mass is 79.9. The van der Waals surface area contributed by atoms with Gasteiger partial charge in [0.05, 0.1) is 9.40 Å². The molecule has 1 aromatic carbocycles. The summed E-state index contributed by atoms with van der Waals surface area (Å²) in [7, 11) is 0. The lowest BCUT2D eigenvalue weighted by atomic mass is 10.1. The molecule has 0 aliphatic rings. The third-order valence-corrected chi connectivity index (χ3v) is 3.50. The second-order valence-electron chi connectivity index (χ2n) is 5.42. The van der Waals surface area contributed by atoms with Crippen molar-refractivity contribution in [1.29, 1.82) is 0 Å². The zero-order valence-electron chi connectivity index (χ0n) is 12.1. The van der Waals surface area contributed by atoms with Gasteiger partial charge in [-0.3, -0.25) is 10.1 Å². The van der Waals surface area contributed by atoms with Crippen LogP contribution >= 0.6 is 15.9 Å². The number of nitro benzene ring substituents is 1. The van der Waals surface area contributed by atoms with E-state index in [9.17, 15) is 20.0 Å². The van der Waals surface area contributed by atoms with Crippen LogP contribution in [0.4, 0.5) is 16.2 Å². The van der Waals surface area contributed by atoms with Crippen LogP contribution in [-0.4, -0.2) is 39.7 Å². The molecule has 0 fully saturated rings. The lowest BCUT2D eigenvalue weighted by Gasteiger charge is -2.33. The van der Waals surface area contributed by atoms with Gasteiger partial charge in [0.2, 0.25) is 0 Å².